The Balaban J connectivity index is 1.56. The van der Waals surface area contributed by atoms with E-state index in [1.807, 2.05) is 11.6 Å². The molecule has 3 N–H and O–H groups in total. The summed E-state index contributed by atoms with van der Waals surface area (Å²) < 4.78 is 6.97. The normalized spacial score (nSPS) is 17.4. The zero-order valence-corrected chi connectivity index (χ0v) is 23.5. The average Bonchev–Trinajstić information content (AvgIpc) is 3.28. The number of pyridine rings is 1. The summed E-state index contributed by atoms with van der Waals surface area (Å²) >= 11 is 0. The van der Waals surface area contributed by atoms with E-state index in [1.54, 1.807) is 25.8 Å². The molecule has 11 nitrogen and oxygen atoms in total. The quantitative estimate of drug-likeness (QED) is 0.318. The van der Waals surface area contributed by atoms with Crippen molar-refractivity contribution in [1.82, 2.24) is 29.8 Å². The topological polar surface area (TPSA) is 122 Å². The molecule has 1 aliphatic heterocycles. The maximum absolute atomic E-state index is 12.9. The number of fused-ring (bicyclic) bond motifs is 1. The van der Waals surface area contributed by atoms with Crippen LogP contribution < -0.4 is 20.9 Å². The number of imidazole rings is 1. The van der Waals surface area contributed by atoms with Gasteiger partial charge in [0.2, 0.25) is 0 Å². The van der Waals surface area contributed by atoms with Gasteiger partial charge in [0.15, 0.2) is 17.3 Å². The second-order valence-electron chi connectivity index (χ2n) is 10.2. The maximum Gasteiger partial charge on any atom is 0.360 e. The van der Waals surface area contributed by atoms with Gasteiger partial charge in [0.1, 0.15) is 11.2 Å². The average molecular weight is 530 g/mol. The molecular formula is C28H35N9O2. The van der Waals surface area contributed by atoms with Crippen molar-refractivity contribution in [2.45, 2.75) is 39.8 Å². The van der Waals surface area contributed by atoms with E-state index < -0.39 is 5.97 Å². The molecule has 39 heavy (non-hydrogen) atoms. The fraction of sp³-hybridized carbons (Fsp3) is 0.393. The highest BCUT2D eigenvalue weighted by Gasteiger charge is 2.25. The van der Waals surface area contributed by atoms with Crippen molar-refractivity contribution in [1.29, 1.82) is 0 Å². The number of hydrogen-bond donors (Lipinski definition) is 3. The number of benzene rings is 1. The number of aromatic nitrogens is 5. The number of methoxy groups -OCH3 is 1. The lowest BCUT2D eigenvalue weighted by molar-refractivity contribution is 0.0595. The van der Waals surface area contributed by atoms with Gasteiger partial charge in [-0.05, 0) is 51.0 Å². The molecule has 5 rings (SSSR count). The fourth-order valence-corrected chi connectivity index (χ4v) is 5.51. The summed E-state index contributed by atoms with van der Waals surface area (Å²) in [5.41, 5.74) is 7.10. The molecule has 0 saturated carbocycles. The highest BCUT2D eigenvalue weighted by atomic mass is 16.5. The predicted octanol–water partition coefficient (Wildman–Crippen LogP) is 3.80. The van der Waals surface area contributed by atoms with Crippen molar-refractivity contribution in [3.05, 3.63) is 47.7 Å². The molecule has 3 aromatic heterocycles. The van der Waals surface area contributed by atoms with E-state index >= 15 is 0 Å². The van der Waals surface area contributed by atoms with Crippen LogP contribution in [0.1, 0.15) is 35.5 Å². The minimum Gasteiger partial charge on any atom is -0.464 e. The van der Waals surface area contributed by atoms with E-state index in [9.17, 15) is 4.79 Å². The number of nitrogens with zero attached hydrogens (tertiary/aromatic N) is 6. The molecule has 0 unspecified atom stereocenters. The van der Waals surface area contributed by atoms with Crippen LogP contribution >= 0.6 is 0 Å². The summed E-state index contributed by atoms with van der Waals surface area (Å²) in [5.74, 6) is 0.190. The molecular weight excluding hydrogens is 494 g/mol. The number of ether oxygens (including phenoxy) is 1. The van der Waals surface area contributed by atoms with Gasteiger partial charge in [-0.2, -0.15) is 0 Å². The molecule has 204 valence electrons. The molecule has 4 heterocycles. The fourth-order valence-electron chi connectivity index (χ4n) is 5.51. The molecule has 1 aromatic carbocycles. The lowest BCUT2D eigenvalue weighted by atomic mass is 10.0. The molecule has 0 aliphatic carbocycles. The van der Waals surface area contributed by atoms with Crippen LogP contribution in [0.15, 0.2) is 30.9 Å². The van der Waals surface area contributed by atoms with Crippen LogP contribution in [0.5, 0.6) is 0 Å². The third-order valence-corrected chi connectivity index (χ3v) is 7.03. The molecule has 0 amide bonds. The Morgan fingerprint density at radius 3 is 2.41 bits per heavy atom. The number of carbonyl (C=O) groups is 1. The first-order valence-corrected chi connectivity index (χ1v) is 13.0. The van der Waals surface area contributed by atoms with Crippen molar-refractivity contribution in [3.8, 4) is 11.3 Å². The molecule has 0 radical (unpaired) electrons. The third-order valence-electron chi connectivity index (χ3n) is 7.03. The highest BCUT2D eigenvalue weighted by molar-refractivity contribution is 5.98. The minimum absolute atomic E-state index is 0.0728. The molecule has 2 atom stereocenters. The number of anilines is 4. The molecule has 0 bridgehead atoms. The number of esters is 1. The smallest absolute Gasteiger partial charge is 0.360 e. The van der Waals surface area contributed by atoms with Gasteiger partial charge in [-0.3, -0.25) is 4.98 Å². The van der Waals surface area contributed by atoms with Crippen molar-refractivity contribution in [3.63, 3.8) is 0 Å². The molecule has 1 fully saturated rings. The molecule has 4 aromatic rings. The van der Waals surface area contributed by atoms with Gasteiger partial charge in [0.05, 0.1) is 30.7 Å². The standard InChI is InChI=1S/C28H35N9O2/c1-15-8-19(9-16(2)25(15)37-12-17(3)32-18(4)13-37)33-27-24(28(38)39-7)34-23(26(29-5)35-27)20-10-30-11-21-22(20)31-14-36(21)6/h8-11,14,17-18,32H,12-13H2,1-7H3,(H2,29,33,35)/t17-,18+. The minimum atomic E-state index is -0.594. The predicted molar refractivity (Wildman–Crippen MR) is 154 cm³/mol. The summed E-state index contributed by atoms with van der Waals surface area (Å²) in [5, 5.41) is 10.0. The van der Waals surface area contributed by atoms with Crippen molar-refractivity contribution in [2.24, 2.45) is 7.05 Å². The van der Waals surface area contributed by atoms with Crippen LogP contribution in [-0.4, -0.2) is 69.8 Å². The summed E-state index contributed by atoms with van der Waals surface area (Å²) in [4.78, 5) is 33.7. The molecule has 11 heteroatoms. The van der Waals surface area contributed by atoms with E-state index in [0.29, 0.717) is 40.5 Å². The molecule has 1 saturated heterocycles. The zero-order chi connectivity index (χ0) is 27.8. The lowest BCUT2D eigenvalue weighted by Gasteiger charge is -2.39. The van der Waals surface area contributed by atoms with Crippen LogP contribution in [0, 0.1) is 13.8 Å². The van der Waals surface area contributed by atoms with E-state index in [-0.39, 0.29) is 5.69 Å². The Hall–Kier alpha value is -4.25. The second-order valence-corrected chi connectivity index (χ2v) is 10.2. The van der Waals surface area contributed by atoms with Gasteiger partial charge in [-0.25, -0.2) is 19.7 Å². The lowest BCUT2D eigenvalue weighted by Crippen LogP contribution is -2.54. The van der Waals surface area contributed by atoms with E-state index in [0.717, 1.165) is 35.4 Å². The second kappa shape index (κ2) is 10.5. The van der Waals surface area contributed by atoms with Crippen LogP contribution in [0.25, 0.3) is 22.3 Å². The monoisotopic (exact) mass is 529 g/mol. The summed E-state index contributed by atoms with van der Waals surface area (Å²) in [7, 11) is 5.00. The molecule has 1 aliphatic rings. The maximum atomic E-state index is 12.9. The number of aryl methyl sites for hydroxylation is 3. The van der Waals surface area contributed by atoms with E-state index in [2.05, 4.69) is 70.6 Å². The number of piperazine rings is 1. The van der Waals surface area contributed by atoms with Crippen LogP contribution in [0.3, 0.4) is 0 Å². The summed E-state index contributed by atoms with van der Waals surface area (Å²) in [6.07, 6.45) is 5.14. The Morgan fingerprint density at radius 1 is 1.08 bits per heavy atom. The van der Waals surface area contributed by atoms with Crippen molar-refractivity contribution in [2.75, 3.05) is 42.8 Å². The van der Waals surface area contributed by atoms with E-state index in [1.165, 1.54) is 12.8 Å². The number of rotatable bonds is 6. The zero-order valence-electron chi connectivity index (χ0n) is 23.5. The Morgan fingerprint density at radius 2 is 1.77 bits per heavy atom. The van der Waals surface area contributed by atoms with E-state index in [4.69, 9.17) is 14.7 Å². The van der Waals surface area contributed by atoms with Gasteiger partial charge in [-0.1, -0.05) is 0 Å². The van der Waals surface area contributed by atoms with Gasteiger partial charge >= 0.3 is 5.97 Å². The van der Waals surface area contributed by atoms with Gasteiger partial charge < -0.3 is 30.2 Å². The summed E-state index contributed by atoms with van der Waals surface area (Å²) in [6, 6.07) is 4.98. The van der Waals surface area contributed by atoms with Crippen molar-refractivity contribution < 1.29 is 9.53 Å². The highest BCUT2D eigenvalue weighted by Crippen LogP contribution is 2.34. The van der Waals surface area contributed by atoms with Crippen LogP contribution in [0.4, 0.5) is 23.0 Å². The van der Waals surface area contributed by atoms with Crippen LogP contribution in [-0.2, 0) is 11.8 Å². The SMILES string of the molecule is CNc1nc(Nc2cc(C)c(N3C[C@@H](C)N[C@@H](C)C3)c(C)c2)c(C(=O)OC)nc1-c1cncc2c1ncn2C. The third kappa shape index (κ3) is 4.97. The number of hydrogen-bond acceptors (Lipinski definition) is 10. The Kier molecular flexibility index (Phi) is 7.09. The largest absolute Gasteiger partial charge is 0.464 e. The summed E-state index contributed by atoms with van der Waals surface area (Å²) in [6.45, 7) is 10.5. The first-order chi connectivity index (χ1) is 18.7. The number of carbonyl (C=O) groups excluding carboxylic acids is 1. The van der Waals surface area contributed by atoms with Crippen LogP contribution in [0.2, 0.25) is 0 Å². The van der Waals surface area contributed by atoms with Gasteiger partial charge in [-0.15, -0.1) is 0 Å². The molecule has 0 spiro atoms. The van der Waals surface area contributed by atoms with Gasteiger partial charge in [0, 0.05) is 56.8 Å². The first kappa shape index (κ1) is 26.4. The Bertz CT molecular complexity index is 1510. The first-order valence-electron chi connectivity index (χ1n) is 13.0. The van der Waals surface area contributed by atoms with Gasteiger partial charge in [0.25, 0.3) is 0 Å². The number of nitrogens with one attached hydrogen (secondary N) is 3. The van der Waals surface area contributed by atoms with Crippen molar-refractivity contribution >= 4 is 40.0 Å². The Labute approximate surface area is 228 Å².